The highest BCUT2D eigenvalue weighted by molar-refractivity contribution is 5.03. The summed E-state index contributed by atoms with van der Waals surface area (Å²) in [6.07, 6.45) is 8.45. The number of hydrogen-bond donors (Lipinski definition) is 0. The third-order valence-electron chi connectivity index (χ3n) is 3.60. The molecule has 2 atom stereocenters. The smallest absolute Gasteiger partial charge is 0.0228 e. The van der Waals surface area contributed by atoms with E-state index in [1.807, 2.05) is 0 Å². The minimum absolute atomic E-state index is 0.476. The summed E-state index contributed by atoms with van der Waals surface area (Å²) in [5.74, 6) is 1.56. The Hall–Kier alpha value is -0.520. The lowest BCUT2D eigenvalue weighted by Gasteiger charge is -2.40. The molecule has 1 rings (SSSR count). The van der Waals surface area contributed by atoms with Gasteiger partial charge in [-0.3, -0.25) is 0 Å². The number of hydrogen-bond acceptors (Lipinski definition) is 0. The van der Waals surface area contributed by atoms with E-state index >= 15 is 0 Å². The highest BCUT2D eigenvalue weighted by Gasteiger charge is 2.33. The first-order valence-corrected chi connectivity index (χ1v) is 5.74. The highest BCUT2D eigenvalue weighted by atomic mass is 14.4. The Labute approximate surface area is 89.1 Å². The van der Waals surface area contributed by atoms with Gasteiger partial charge < -0.3 is 0 Å². The summed E-state index contributed by atoms with van der Waals surface area (Å²) >= 11 is 0. The van der Waals surface area contributed by atoms with Crippen LogP contribution in [0.5, 0.6) is 0 Å². The van der Waals surface area contributed by atoms with Crippen LogP contribution in [0.4, 0.5) is 0 Å². The minimum atomic E-state index is 0.476. The van der Waals surface area contributed by atoms with Crippen molar-refractivity contribution in [1.82, 2.24) is 0 Å². The van der Waals surface area contributed by atoms with Crippen LogP contribution in [-0.2, 0) is 0 Å². The molecule has 0 heteroatoms. The standard InChI is InChI=1S/C14H24/c1-11(2)8-9-13-12(3)7-6-10-14(13,4)5/h6-7,12-13H,1,8-10H2,2-5H3/t12-,13+/m0/s1. The van der Waals surface area contributed by atoms with Crippen LogP contribution in [0, 0.1) is 17.3 Å². The molecule has 0 unspecified atom stereocenters. The molecular formula is C14H24. The van der Waals surface area contributed by atoms with Gasteiger partial charge in [0, 0.05) is 0 Å². The highest BCUT2D eigenvalue weighted by Crippen LogP contribution is 2.43. The van der Waals surface area contributed by atoms with Crippen molar-refractivity contribution in [2.24, 2.45) is 17.3 Å². The minimum Gasteiger partial charge on any atom is -0.100 e. The van der Waals surface area contributed by atoms with E-state index in [0.717, 1.165) is 11.8 Å². The molecule has 0 saturated heterocycles. The van der Waals surface area contributed by atoms with E-state index in [-0.39, 0.29) is 0 Å². The molecule has 0 spiro atoms. The molecule has 0 N–H and O–H groups in total. The van der Waals surface area contributed by atoms with Gasteiger partial charge in [-0.2, -0.15) is 0 Å². The first-order chi connectivity index (χ1) is 6.43. The molecule has 1 aliphatic carbocycles. The summed E-state index contributed by atoms with van der Waals surface area (Å²) in [7, 11) is 0. The molecule has 0 aromatic heterocycles. The summed E-state index contributed by atoms with van der Waals surface area (Å²) in [5, 5.41) is 0. The molecular weight excluding hydrogens is 168 g/mol. The maximum atomic E-state index is 3.99. The molecule has 80 valence electrons. The van der Waals surface area contributed by atoms with E-state index in [2.05, 4.69) is 46.4 Å². The second kappa shape index (κ2) is 4.33. The summed E-state index contributed by atoms with van der Waals surface area (Å²) in [4.78, 5) is 0. The molecule has 0 aromatic rings. The van der Waals surface area contributed by atoms with Crippen molar-refractivity contribution in [3.05, 3.63) is 24.3 Å². The zero-order chi connectivity index (χ0) is 10.8. The van der Waals surface area contributed by atoms with Gasteiger partial charge in [-0.1, -0.05) is 38.5 Å². The van der Waals surface area contributed by atoms with Crippen molar-refractivity contribution in [1.29, 1.82) is 0 Å². The largest absolute Gasteiger partial charge is 0.100 e. The van der Waals surface area contributed by atoms with Crippen LogP contribution in [0.1, 0.15) is 47.0 Å². The predicted molar refractivity (Wildman–Crippen MR) is 64.2 cm³/mol. The Morgan fingerprint density at radius 2 is 2.14 bits per heavy atom. The first kappa shape index (κ1) is 11.6. The first-order valence-electron chi connectivity index (χ1n) is 5.74. The maximum absolute atomic E-state index is 3.99. The predicted octanol–water partition coefficient (Wildman–Crippen LogP) is 4.58. The third kappa shape index (κ3) is 2.73. The van der Waals surface area contributed by atoms with Crippen LogP contribution >= 0.6 is 0 Å². The van der Waals surface area contributed by atoms with Crippen LogP contribution < -0.4 is 0 Å². The number of allylic oxidation sites excluding steroid dienone is 3. The Bertz CT molecular complexity index is 232. The second-order valence-corrected chi connectivity index (χ2v) is 5.58. The molecule has 0 saturated carbocycles. The Balaban J connectivity index is 2.63. The quantitative estimate of drug-likeness (QED) is 0.574. The van der Waals surface area contributed by atoms with E-state index < -0.39 is 0 Å². The van der Waals surface area contributed by atoms with Gasteiger partial charge in [0.15, 0.2) is 0 Å². The zero-order valence-electron chi connectivity index (χ0n) is 10.1. The average Bonchev–Trinajstić information content (AvgIpc) is 2.01. The molecule has 0 bridgehead atoms. The van der Waals surface area contributed by atoms with Gasteiger partial charge in [0.05, 0.1) is 0 Å². The SMILES string of the molecule is C=C(C)CC[C@@H]1[C@@H](C)C=CCC1(C)C. The van der Waals surface area contributed by atoms with E-state index in [0.29, 0.717) is 5.41 Å². The Morgan fingerprint density at radius 3 is 2.64 bits per heavy atom. The molecule has 1 aliphatic rings. The fraction of sp³-hybridized carbons (Fsp3) is 0.714. The summed E-state index contributed by atoms with van der Waals surface area (Å²) < 4.78 is 0. The van der Waals surface area contributed by atoms with Crippen LogP contribution in [0.15, 0.2) is 24.3 Å². The van der Waals surface area contributed by atoms with Gasteiger partial charge in [0.25, 0.3) is 0 Å². The summed E-state index contributed by atoms with van der Waals surface area (Å²) in [6, 6.07) is 0. The summed E-state index contributed by atoms with van der Waals surface area (Å²) in [5.41, 5.74) is 1.80. The maximum Gasteiger partial charge on any atom is -0.0228 e. The van der Waals surface area contributed by atoms with Crippen LogP contribution in [0.25, 0.3) is 0 Å². The molecule has 0 amide bonds. The third-order valence-corrected chi connectivity index (χ3v) is 3.60. The molecule has 14 heavy (non-hydrogen) atoms. The molecule has 0 nitrogen and oxygen atoms in total. The van der Waals surface area contributed by atoms with Crippen molar-refractivity contribution in [3.63, 3.8) is 0 Å². The van der Waals surface area contributed by atoms with Crippen molar-refractivity contribution in [2.75, 3.05) is 0 Å². The van der Waals surface area contributed by atoms with Crippen LogP contribution in [0.3, 0.4) is 0 Å². The van der Waals surface area contributed by atoms with Crippen molar-refractivity contribution < 1.29 is 0 Å². The topological polar surface area (TPSA) is 0 Å². The van der Waals surface area contributed by atoms with Crippen LogP contribution in [-0.4, -0.2) is 0 Å². The zero-order valence-corrected chi connectivity index (χ0v) is 10.1. The Morgan fingerprint density at radius 1 is 1.50 bits per heavy atom. The van der Waals surface area contributed by atoms with Crippen molar-refractivity contribution >= 4 is 0 Å². The normalized spacial score (nSPS) is 30.3. The lowest BCUT2D eigenvalue weighted by atomic mass is 9.65. The van der Waals surface area contributed by atoms with Gasteiger partial charge in [-0.25, -0.2) is 0 Å². The second-order valence-electron chi connectivity index (χ2n) is 5.58. The fourth-order valence-electron chi connectivity index (χ4n) is 2.64. The van der Waals surface area contributed by atoms with Gasteiger partial charge in [0.2, 0.25) is 0 Å². The van der Waals surface area contributed by atoms with E-state index in [1.165, 1.54) is 24.8 Å². The monoisotopic (exact) mass is 192 g/mol. The molecule has 0 aromatic carbocycles. The van der Waals surface area contributed by atoms with Gasteiger partial charge in [-0.05, 0) is 43.4 Å². The van der Waals surface area contributed by atoms with Gasteiger partial charge in [0.1, 0.15) is 0 Å². The van der Waals surface area contributed by atoms with Gasteiger partial charge in [-0.15, -0.1) is 6.58 Å². The van der Waals surface area contributed by atoms with Crippen molar-refractivity contribution in [2.45, 2.75) is 47.0 Å². The molecule has 0 aliphatic heterocycles. The van der Waals surface area contributed by atoms with E-state index in [4.69, 9.17) is 0 Å². The summed E-state index contributed by atoms with van der Waals surface area (Å²) in [6.45, 7) is 13.3. The molecule has 0 heterocycles. The van der Waals surface area contributed by atoms with E-state index in [1.54, 1.807) is 0 Å². The van der Waals surface area contributed by atoms with Crippen LogP contribution in [0.2, 0.25) is 0 Å². The van der Waals surface area contributed by atoms with Crippen molar-refractivity contribution in [3.8, 4) is 0 Å². The lowest BCUT2D eigenvalue weighted by Crippen LogP contribution is -2.31. The molecule has 0 radical (unpaired) electrons. The average molecular weight is 192 g/mol. The Kier molecular flexibility index (Phi) is 3.58. The van der Waals surface area contributed by atoms with E-state index in [9.17, 15) is 0 Å². The molecule has 0 fully saturated rings. The lowest BCUT2D eigenvalue weighted by molar-refractivity contribution is 0.149. The van der Waals surface area contributed by atoms with Gasteiger partial charge >= 0.3 is 0 Å². The number of rotatable bonds is 3. The fourth-order valence-corrected chi connectivity index (χ4v) is 2.64.